The molecule has 22 heavy (non-hydrogen) atoms. The van der Waals surface area contributed by atoms with Crippen molar-refractivity contribution in [2.45, 2.75) is 37.5 Å². The van der Waals surface area contributed by atoms with Gasteiger partial charge < -0.3 is 10.2 Å². The van der Waals surface area contributed by atoms with Crippen molar-refractivity contribution in [3.8, 4) is 6.07 Å². The Bertz CT molecular complexity index is 646. The number of anilines is 1. The number of rotatable bonds is 3. The Labute approximate surface area is 125 Å². The summed E-state index contributed by atoms with van der Waals surface area (Å²) in [5.41, 5.74) is -1.19. The lowest BCUT2D eigenvalue weighted by atomic mass is 10.1. The van der Waals surface area contributed by atoms with Gasteiger partial charge in [0.05, 0.1) is 17.2 Å². The fourth-order valence-electron chi connectivity index (χ4n) is 2.75. The molecule has 1 aliphatic carbocycles. The molecule has 116 valence electrons. The van der Waals surface area contributed by atoms with Crippen molar-refractivity contribution >= 4 is 11.6 Å². The van der Waals surface area contributed by atoms with Crippen LogP contribution in [0.2, 0.25) is 0 Å². The van der Waals surface area contributed by atoms with E-state index in [2.05, 4.69) is 5.32 Å². The number of hydrogen-bond acceptors (Lipinski definition) is 3. The topological polar surface area (TPSA) is 56.1 Å². The number of alkyl halides is 3. The number of likely N-dealkylation sites (tertiary alicyclic amines) is 1. The minimum absolute atomic E-state index is 0.0552. The molecule has 0 bridgehead atoms. The molecule has 0 aromatic heterocycles. The van der Waals surface area contributed by atoms with Crippen molar-refractivity contribution in [1.29, 1.82) is 5.26 Å². The van der Waals surface area contributed by atoms with Crippen molar-refractivity contribution in [2.24, 2.45) is 0 Å². The summed E-state index contributed by atoms with van der Waals surface area (Å²) in [6.07, 6.45) is -2.00. The van der Waals surface area contributed by atoms with Crippen molar-refractivity contribution < 1.29 is 18.0 Å². The summed E-state index contributed by atoms with van der Waals surface area (Å²) in [6, 6.07) is 4.79. The van der Waals surface area contributed by atoms with Crippen LogP contribution in [0, 0.1) is 11.3 Å². The lowest BCUT2D eigenvalue weighted by Gasteiger charge is -2.18. The summed E-state index contributed by atoms with van der Waals surface area (Å²) in [5, 5.41) is 11.6. The lowest BCUT2D eigenvalue weighted by molar-refractivity contribution is -0.137. The van der Waals surface area contributed by atoms with Crippen molar-refractivity contribution in [2.75, 3.05) is 11.9 Å². The smallest absolute Gasteiger partial charge is 0.374 e. The number of carbonyl (C=O) groups is 1. The number of hydrogen-bond donors (Lipinski definition) is 1. The molecule has 0 radical (unpaired) electrons. The van der Waals surface area contributed by atoms with E-state index in [1.807, 2.05) is 0 Å². The predicted molar refractivity (Wildman–Crippen MR) is 72.9 cm³/mol. The van der Waals surface area contributed by atoms with Gasteiger partial charge in [-0.25, -0.2) is 0 Å². The van der Waals surface area contributed by atoms with Crippen molar-refractivity contribution in [3.63, 3.8) is 0 Å². The number of amides is 1. The van der Waals surface area contributed by atoms with Crippen LogP contribution in [0.1, 0.15) is 30.4 Å². The van der Waals surface area contributed by atoms with Gasteiger partial charge in [-0.15, -0.1) is 0 Å². The van der Waals surface area contributed by atoms with E-state index in [1.165, 1.54) is 12.1 Å². The van der Waals surface area contributed by atoms with Gasteiger partial charge in [-0.05, 0) is 37.5 Å². The van der Waals surface area contributed by atoms with Crippen LogP contribution in [-0.4, -0.2) is 29.4 Å². The highest BCUT2D eigenvalue weighted by Gasteiger charge is 2.40. The molecule has 1 amide bonds. The molecule has 4 nitrogen and oxygen atoms in total. The predicted octanol–water partition coefficient (Wildman–Crippen LogP) is 2.75. The summed E-state index contributed by atoms with van der Waals surface area (Å²) >= 11 is 0. The molecule has 7 heteroatoms. The molecule has 1 aromatic carbocycles. The molecule has 1 atom stereocenters. The molecule has 3 rings (SSSR count). The van der Waals surface area contributed by atoms with Gasteiger partial charge in [0.2, 0.25) is 5.91 Å². The van der Waals surface area contributed by atoms with E-state index in [9.17, 15) is 18.0 Å². The molecular formula is C15H14F3N3O. The summed E-state index contributed by atoms with van der Waals surface area (Å²) in [4.78, 5) is 14.0. The quantitative estimate of drug-likeness (QED) is 0.934. The second-order valence-electron chi connectivity index (χ2n) is 5.62. The molecule has 2 aliphatic rings. The number of nitriles is 1. The number of nitrogens with one attached hydrogen (secondary N) is 1. The highest BCUT2D eigenvalue weighted by Crippen LogP contribution is 2.35. The Kier molecular flexibility index (Phi) is 3.47. The van der Waals surface area contributed by atoms with E-state index >= 15 is 0 Å². The van der Waals surface area contributed by atoms with Crippen LogP contribution < -0.4 is 5.32 Å². The summed E-state index contributed by atoms with van der Waals surface area (Å²) in [5.74, 6) is -0.0552. The van der Waals surface area contributed by atoms with Gasteiger partial charge in [0.25, 0.3) is 0 Å². The minimum Gasteiger partial charge on any atom is -0.374 e. The van der Waals surface area contributed by atoms with Gasteiger partial charge in [0.1, 0.15) is 6.04 Å². The molecule has 1 saturated heterocycles. The zero-order valence-electron chi connectivity index (χ0n) is 11.7. The van der Waals surface area contributed by atoms with Crippen LogP contribution in [-0.2, 0) is 11.0 Å². The monoisotopic (exact) mass is 309 g/mol. The van der Waals surface area contributed by atoms with Crippen molar-refractivity contribution in [3.05, 3.63) is 29.3 Å². The highest BCUT2D eigenvalue weighted by molar-refractivity contribution is 5.87. The Morgan fingerprint density at radius 2 is 2.00 bits per heavy atom. The Hall–Kier alpha value is -2.23. The van der Waals surface area contributed by atoms with Crippen LogP contribution in [0.25, 0.3) is 0 Å². The average molecular weight is 309 g/mol. The van der Waals surface area contributed by atoms with E-state index < -0.39 is 23.3 Å². The van der Waals surface area contributed by atoms with E-state index in [0.29, 0.717) is 19.0 Å². The fraction of sp³-hybridized carbons (Fsp3) is 0.467. The second-order valence-corrected chi connectivity index (χ2v) is 5.62. The molecule has 1 heterocycles. The molecule has 0 spiro atoms. The number of halogens is 3. The summed E-state index contributed by atoms with van der Waals surface area (Å²) in [6.45, 7) is 0.642. The Morgan fingerprint density at radius 1 is 1.27 bits per heavy atom. The van der Waals surface area contributed by atoms with Crippen LogP contribution >= 0.6 is 0 Å². The first-order chi connectivity index (χ1) is 10.4. The fourth-order valence-corrected chi connectivity index (χ4v) is 2.75. The number of benzene rings is 1. The largest absolute Gasteiger partial charge is 0.417 e. The average Bonchev–Trinajstić information content (AvgIpc) is 3.24. The molecule has 1 unspecified atom stereocenters. The second kappa shape index (κ2) is 5.20. The highest BCUT2D eigenvalue weighted by atomic mass is 19.4. The van der Waals surface area contributed by atoms with Crippen LogP contribution in [0.15, 0.2) is 18.2 Å². The third-order valence-electron chi connectivity index (χ3n) is 4.01. The maximum Gasteiger partial charge on any atom is 0.417 e. The van der Waals surface area contributed by atoms with Gasteiger partial charge >= 0.3 is 6.18 Å². The number of carbonyl (C=O) groups excluding carboxylic acids is 1. The van der Waals surface area contributed by atoms with E-state index in [4.69, 9.17) is 5.26 Å². The van der Waals surface area contributed by atoms with Crippen LogP contribution in [0.4, 0.5) is 18.9 Å². The third-order valence-corrected chi connectivity index (χ3v) is 4.01. The minimum atomic E-state index is -4.59. The zero-order chi connectivity index (χ0) is 15.9. The molecule has 1 N–H and O–H groups in total. The van der Waals surface area contributed by atoms with Gasteiger partial charge in [-0.2, -0.15) is 18.4 Å². The SMILES string of the molecule is N#Cc1ccc(NC2CCN(C3CC3)C2=O)cc1C(F)(F)F. The van der Waals surface area contributed by atoms with Crippen LogP contribution in [0.5, 0.6) is 0 Å². The van der Waals surface area contributed by atoms with Gasteiger partial charge in [-0.3, -0.25) is 4.79 Å². The first-order valence-electron chi connectivity index (χ1n) is 7.08. The first kappa shape index (κ1) is 14.7. The molecule has 1 aromatic rings. The van der Waals surface area contributed by atoms with Gasteiger partial charge in [0, 0.05) is 18.3 Å². The molecule has 1 aliphatic heterocycles. The maximum absolute atomic E-state index is 12.9. The number of nitrogens with zero attached hydrogens (tertiary/aromatic N) is 2. The van der Waals surface area contributed by atoms with Crippen molar-refractivity contribution in [1.82, 2.24) is 4.90 Å². The standard InChI is InChI=1S/C15H14F3N3O/c16-15(17,18)12-7-10(2-1-9(12)8-19)20-13-5-6-21(14(13)22)11-3-4-11/h1-2,7,11,13,20H,3-6H2. The van der Waals surface area contributed by atoms with E-state index in [-0.39, 0.29) is 11.6 Å². The molecule has 1 saturated carbocycles. The van der Waals surface area contributed by atoms with E-state index in [1.54, 1.807) is 4.90 Å². The maximum atomic E-state index is 12.9. The van der Waals surface area contributed by atoms with E-state index in [0.717, 1.165) is 25.0 Å². The zero-order valence-corrected chi connectivity index (χ0v) is 11.7. The Balaban J connectivity index is 1.78. The molecule has 2 fully saturated rings. The lowest BCUT2D eigenvalue weighted by Crippen LogP contribution is -2.34. The van der Waals surface area contributed by atoms with Gasteiger partial charge in [-0.1, -0.05) is 0 Å². The third kappa shape index (κ3) is 2.73. The Morgan fingerprint density at radius 3 is 2.59 bits per heavy atom. The normalized spacial score (nSPS) is 21.8. The summed E-state index contributed by atoms with van der Waals surface area (Å²) < 4.78 is 38.8. The van der Waals surface area contributed by atoms with Gasteiger partial charge in [0.15, 0.2) is 0 Å². The molecular weight excluding hydrogens is 295 g/mol. The van der Waals surface area contributed by atoms with Crippen LogP contribution in [0.3, 0.4) is 0 Å². The first-order valence-corrected chi connectivity index (χ1v) is 7.08. The summed E-state index contributed by atoms with van der Waals surface area (Å²) in [7, 11) is 0.